The second kappa shape index (κ2) is 8.59. The van der Waals surface area contributed by atoms with Gasteiger partial charge in [-0.05, 0) is 31.4 Å². The summed E-state index contributed by atoms with van der Waals surface area (Å²) in [5, 5.41) is 0. The Morgan fingerprint density at radius 2 is 1.93 bits per heavy atom. The number of rotatable bonds is 5. The standard InChI is InChI=1S/C21H28N2O6/c1-26-15-6-7-16(18(12-15)27-2)23-13-14(11-19(23)24)20(25)22-8-4-3-5-17(22)21-28-9-10-29-21/h6-7,12,14,17,21H,3-5,8-11,13H2,1-2H3. The van der Waals surface area contributed by atoms with Gasteiger partial charge in [0, 0.05) is 25.6 Å². The highest BCUT2D eigenvalue weighted by Crippen LogP contribution is 2.37. The maximum absolute atomic E-state index is 13.3. The van der Waals surface area contributed by atoms with Crippen LogP contribution in [0.2, 0.25) is 0 Å². The molecule has 158 valence electrons. The van der Waals surface area contributed by atoms with Crippen molar-refractivity contribution >= 4 is 17.5 Å². The number of piperidine rings is 1. The van der Waals surface area contributed by atoms with Crippen molar-refractivity contribution in [2.75, 3.05) is 45.4 Å². The molecule has 8 heteroatoms. The van der Waals surface area contributed by atoms with E-state index in [9.17, 15) is 9.59 Å². The van der Waals surface area contributed by atoms with Crippen LogP contribution in [0.25, 0.3) is 0 Å². The Morgan fingerprint density at radius 1 is 1.14 bits per heavy atom. The fourth-order valence-corrected chi connectivity index (χ4v) is 4.46. The molecule has 3 aliphatic heterocycles. The maximum Gasteiger partial charge on any atom is 0.228 e. The number of hydrogen-bond acceptors (Lipinski definition) is 6. The number of amides is 2. The van der Waals surface area contributed by atoms with Crippen LogP contribution < -0.4 is 14.4 Å². The summed E-state index contributed by atoms with van der Waals surface area (Å²) in [6.45, 7) is 2.16. The second-order valence-electron chi connectivity index (χ2n) is 7.65. The summed E-state index contributed by atoms with van der Waals surface area (Å²) in [6.07, 6.45) is 2.73. The molecule has 3 fully saturated rings. The molecule has 0 N–H and O–H groups in total. The van der Waals surface area contributed by atoms with Crippen molar-refractivity contribution in [3.8, 4) is 11.5 Å². The first-order chi connectivity index (χ1) is 14.1. The number of benzene rings is 1. The van der Waals surface area contributed by atoms with Gasteiger partial charge in [-0.15, -0.1) is 0 Å². The molecule has 0 aliphatic carbocycles. The highest BCUT2D eigenvalue weighted by atomic mass is 16.7. The molecule has 0 saturated carbocycles. The highest BCUT2D eigenvalue weighted by Gasteiger charge is 2.43. The molecular formula is C21H28N2O6. The third-order valence-corrected chi connectivity index (χ3v) is 5.95. The average Bonchev–Trinajstić information content (AvgIpc) is 3.43. The number of anilines is 1. The first kappa shape index (κ1) is 20.0. The van der Waals surface area contributed by atoms with Gasteiger partial charge in [-0.2, -0.15) is 0 Å². The van der Waals surface area contributed by atoms with Gasteiger partial charge in [0.15, 0.2) is 6.29 Å². The molecule has 0 radical (unpaired) electrons. The third-order valence-electron chi connectivity index (χ3n) is 5.95. The molecule has 3 heterocycles. The Kier molecular flexibility index (Phi) is 5.91. The maximum atomic E-state index is 13.3. The Bertz CT molecular complexity index is 764. The lowest BCUT2D eigenvalue weighted by atomic mass is 9.98. The van der Waals surface area contributed by atoms with Gasteiger partial charge < -0.3 is 28.7 Å². The second-order valence-corrected chi connectivity index (χ2v) is 7.65. The van der Waals surface area contributed by atoms with Gasteiger partial charge in [0.1, 0.15) is 11.5 Å². The number of hydrogen-bond donors (Lipinski definition) is 0. The monoisotopic (exact) mass is 404 g/mol. The molecule has 2 amide bonds. The molecule has 0 spiro atoms. The van der Waals surface area contributed by atoms with E-state index in [1.54, 1.807) is 37.3 Å². The number of likely N-dealkylation sites (tertiary alicyclic amines) is 1. The lowest BCUT2D eigenvalue weighted by Gasteiger charge is -2.39. The van der Waals surface area contributed by atoms with Crippen molar-refractivity contribution in [2.24, 2.45) is 5.92 Å². The molecule has 0 bridgehead atoms. The van der Waals surface area contributed by atoms with Crippen molar-refractivity contribution < 1.29 is 28.5 Å². The van der Waals surface area contributed by atoms with E-state index in [2.05, 4.69) is 0 Å². The first-order valence-electron chi connectivity index (χ1n) is 10.2. The van der Waals surface area contributed by atoms with E-state index in [4.69, 9.17) is 18.9 Å². The molecule has 29 heavy (non-hydrogen) atoms. The van der Waals surface area contributed by atoms with Gasteiger partial charge >= 0.3 is 0 Å². The molecule has 1 aromatic carbocycles. The Morgan fingerprint density at radius 3 is 2.66 bits per heavy atom. The van der Waals surface area contributed by atoms with Crippen molar-refractivity contribution in [2.45, 2.75) is 38.0 Å². The van der Waals surface area contributed by atoms with Crippen LogP contribution in [0.3, 0.4) is 0 Å². The van der Waals surface area contributed by atoms with Crippen molar-refractivity contribution in [3.05, 3.63) is 18.2 Å². The van der Waals surface area contributed by atoms with Crippen LogP contribution in [0.4, 0.5) is 5.69 Å². The average molecular weight is 404 g/mol. The van der Waals surface area contributed by atoms with Crippen LogP contribution in [0.15, 0.2) is 18.2 Å². The molecule has 4 rings (SSSR count). The fraction of sp³-hybridized carbons (Fsp3) is 0.619. The summed E-state index contributed by atoms with van der Waals surface area (Å²) in [7, 11) is 3.14. The van der Waals surface area contributed by atoms with Crippen molar-refractivity contribution in [1.82, 2.24) is 4.90 Å². The summed E-state index contributed by atoms with van der Waals surface area (Å²) in [6, 6.07) is 5.26. The van der Waals surface area contributed by atoms with E-state index in [-0.39, 0.29) is 36.5 Å². The van der Waals surface area contributed by atoms with Gasteiger partial charge in [-0.25, -0.2) is 0 Å². The van der Waals surface area contributed by atoms with E-state index < -0.39 is 0 Å². The molecule has 8 nitrogen and oxygen atoms in total. The van der Waals surface area contributed by atoms with Crippen molar-refractivity contribution in [1.29, 1.82) is 0 Å². The van der Waals surface area contributed by atoms with Crippen LogP contribution in [-0.4, -0.2) is 69.6 Å². The van der Waals surface area contributed by atoms with E-state index >= 15 is 0 Å². The zero-order chi connectivity index (χ0) is 20.4. The Labute approximate surface area is 170 Å². The minimum atomic E-state index is -0.378. The number of carbonyl (C=O) groups is 2. The van der Waals surface area contributed by atoms with Gasteiger partial charge in [0.2, 0.25) is 11.8 Å². The summed E-state index contributed by atoms with van der Waals surface area (Å²) in [4.78, 5) is 29.6. The highest BCUT2D eigenvalue weighted by molar-refractivity contribution is 6.01. The van der Waals surface area contributed by atoms with Crippen molar-refractivity contribution in [3.63, 3.8) is 0 Å². The summed E-state index contributed by atoms with van der Waals surface area (Å²) >= 11 is 0. The largest absolute Gasteiger partial charge is 0.497 e. The smallest absolute Gasteiger partial charge is 0.228 e. The predicted octanol–water partition coefficient (Wildman–Crippen LogP) is 1.81. The molecular weight excluding hydrogens is 376 g/mol. The SMILES string of the molecule is COc1ccc(N2CC(C(=O)N3CCCCC3C3OCCO3)CC2=O)c(OC)c1. The van der Waals surface area contributed by atoms with E-state index in [0.29, 0.717) is 43.5 Å². The van der Waals surface area contributed by atoms with E-state index in [1.807, 2.05) is 4.90 Å². The minimum absolute atomic E-state index is 0.0112. The molecule has 3 aliphatic rings. The lowest BCUT2D eigenvalue weighted by Crippen LogP contribution is -2.52. The number of ether oxygens (including phenoxy) is 4. The number of carbonyl (C=O) groups excluding carboxylic acids is 2. The molecule has 1 aromatic rings. The van der Waals surface area contributed by atoms with Crippen LogP contribution in [-0.2, 0) is 19.1 Å². The topological polar surface area (TPSA) is 77.5 Å². The summed E-state index contributed by atoms with van der Waals surface area (Å²) in [5.41, 5.74) is 0.659. The van der Waals surface area contributed by atoms with Crippen LogP contribution in [0, 0.1) is 5.92 Å². The third kappa shape index (κ3) is 3.91. The molecule has 0 aromatic heterocycles. The quantitative estimate of drug-likeness (QED) is 0.745. The lowest BCUT2D eigenvalue weighted by molar-refractivity contribution is -0.154. The summed E-state index contributed by atoms with van der Waals surface area (Å²) in [5.74, 6) is 0.759. The Balaban J connectivity index is 1.50. The summed E-state index contributed by atoms with van der Waals surface area (Å²) < 4.78 is 22.0. The van der Waals surface area contributed by atoms with Gasteiger partial charge in [0.25, 0.3) is 0 Å². The van der Waals surface area contributed by atoms with Crippen LogP contribution in [0.5, 0.6) is 11.5 Å². The molecule has 2 atom stereocenters. The predicted molar refractivity (Wildman–Crippen MR) is 105 cm³/mol. The van der Waals surface area contributed by atoms with Crippen LogP contribution >= 0.6 is 0 Å². The van der Waals surface area contributed by atoms with Gasteiger partial charge in [-0.1, -0.05) is 0 Å². The van der Waals surface area contributed by atoms with Gasteiger partial charge in [0.05, 0.1) is 45.1 Å². The fourth-order valence-electron chi connectivity index (χ4n) is 4.46. The zero-order valence-electron chi connectivity index (χ0n) is 17.0. The normalized spacial score (nSPS) is 25.5. The Hall–Kier alpha value is -2.32. The minimum Gasteiger partial charge on any atom is -0.497 e. The van der Waals surface area contributed by atoms with E-state index in [0.717, 1.165) is 19.3 Å². The molecule has 2 unspecified atom stereocenters. The number of nitrogens with zero attached hydrogens (tertiary/aromatic N) is 2. The van der Waals surface area contributed by atoms with Crippen LogP contribution in [0.1, 0.15) is 25.7 Å². The number of methoxy groups -OCH3 is 2. The van der Waals surface area contributed by atoms with Gasteiger partial charge in [-0.3, -0.25) is 9.59 Å². The zero-order valence-corrected chi connectivity index (χ0v) is 17.0. The van der Waals surface area contributed by atoms with E-state index in [1.165, 1.54) is 0 Å². The first-order valence-corrected chi connectivity index (χ1v) is 10.2. The molecule has 3 saturated heterocycles.